The molecular formula is C54H103N2O6P. The van der Waals surface area contributed by atoms with Crippen molar-refractivity contribution in [2.75, 3.05) is 40.9 Å². The first-order valence-electron chi connectivity index (χ1n) is 26.5. The molecule has 0 aromatic heterocycles. The average molecular weight is 907 g/mol. The topological polar surface area (TPSA) is 108 Å². The molecule has 0 aliphatic carbocycles. The summed E-state index contributed by atoms with van der Waals surface area (Å²) in [4.78, 5) is 25.4. The van der Waals surface area contributed by atoms with Crippen molar-refractivity contribution in [2.45, 2.75) is 251 Å². The Kier molecular flexibility index (Phi) is 44.5. The summed E-state index contributed by atoms with van der Waals surface area (Å²) in [5.41, 5.74) is 0. The minimum Gasteiger partial charge on any atom is -0.756 e. The van der Waals surface area contributed by atoms with Crippen molar-refractivity contribution in [3.8, 4) is 0 Å². The fourth-order valence-corrected chi connectivity index (χ4v) is 8.26. The number of aliphatic hydroxyl groups excluding tert-OH is 1. The van der Waals surface area contributed by atoms with Gasteiger partial charge in [-0.05, 0) is 70.6 Å². The van der Waals surface area contributed by atoms with E-state index in [1.165, 1.54) is 173 Å². The minimum atomic E-state index is -4.61. The van der Waals surface area contributed by atoms with Crippen LogP contribution in [0.4, 0.5) is 0 Å². The number of nitrogens with zero attached hydrogens (tertiary/aromatic N) is 1. The third-order valence-corrected chi connectivity index (χ3v) is 12.7. The second-order valence-electron chi connectivity index (χ2n) is 19.2. The number of nitrogens with one attached hydrogen (secondary N) is 1. The fourth-order valence-electron chi connectivity index (χ4n) is 7.53. The van der Waals surface area contributed by atoms with Crippen molar-refractivity contribution in [2.24, 2.45) is 0 Å². The zero-order valence-corrected chi connectivity index (χ0v) is 42.9. The number of quaternary nitrogens is 1. The summed E-state index contributed by atoms with van der Waals surface area (Å²) < 4.78 is 23.3. The molecule has 370 valence electrons. The monoisotopic (exact) mass is 907 g/mol. The van der Waals surface area contributed by atoms with Gasteiger partial charge in [-0.1, -0.05) is 210 Å². The minimum absolute atomic E-state index is 0.0104. The highest BCUT2D eigenvalue weighted by molar-refractivity contribution is 7.45. The van der Waals surface area contributed by atoms with Gasteiger partial charge in [0.05, 0.1) is 39.9 Å². The van der Waals surface area contributed by atoms with Gasteiger partial charge in [-0.3, -0.25) is 9.36 Å². The Labute approximate surface area is 390 Å². The lowest BCUT2D eigenvalue weighted by atomic mass is 10.0. The molecule has 9 heteroatoms. The molecule has 0 heterocycles. The van der Waals surface area contributed by atoms with Gasteiger partial charge >= 0.3 is 0 Å². The lowest BCUT2D eigenvalue weighted by Crippen LogP contribution is -2.45. The van der Waals surface area contributed by atoms with E-state index >= 15 is 0 Å². The van der Waals surface area contributed by atoms with E-state index in [1.807, 2.05) is 27.2 Å². The number of unbranched alkanes of at least 4 members (excludes halogenated alkanes) is 29. The van der Waals surface area contributed by atoms with Gasteiger partial charge in [0.15, 0.2) is 0 Å². The third-order valence-electron chi connectivity index (χ3n) is 11.7. The van der Waals surface area contributed by atoms with Gasteiger partial charge in [-0.2, -0.15) is 0 Å². The molecule has 2 N–H and O–H groups in total. The van der Waals surface area contributed by atoms with Crippen LogP contribution in [0, 0.1) is 0 Å². The van der Waals surface area contributed by atoms with Gasteiger partial charge in [-0.15, -0.1) is 0 Å². The van der Waals surface area contributed by atoms with Crippen molar-refractivity contribution < 1.29 is 32.9 Å². The number of carbonyl (C=O) groups excluding carboxylic acids is 1. The Morgan fingerprint density at radius 1 is 0.540 bits per heavy atom. The van der Waals surface area contributed by atoms with Crippen molar-refractivity contribution in [1.82, 2.24) is 5.32 Å². The number of carbonyl (C=O) groups is 1. The highest BCUT2D eigenvalue weighted by atomic mass is 31.2. The molecule has 0 fully saturated rings. The zero-order chi connectivity index (χ0) is 46.4. The number of amides is 1. The number of allylic oxidation sites excluding steroid dienone is 7. The van der Waals surface area contributed by atoms with E-state index in [9.17, 15) is 19.4 Å². The molecule has 63 heavy (non-hydrogen) atoms. The second-order valence-corrected chi connectivity index (χ2v) is 20.6. The first-order chi connectivity index (χ1) is 30.5. The standard InChI is InChI=1S/C54H103N2O6P/c1-6-8-10-12-14-16-18-20-22-24-26-27-28-29-30-31-33-35-37-39-41-43-45-47-53(57)52(51-62-63(59,60)61-50-49-56(3,4)5)55-54(58)48-46-44-42-40-38-36-34-32-25-23-21-19-17-15-13-11-9-7-2/h23,25,30-31,37,39,45,47,52-53,57H,6-22,24,26-29,32-36,38,40-44,46,48-51H2,1-5H3,(H-,55,58,59,60)/b25-23-,31-30+,39-37+,47-45+. The van der Waals surface area contributed by atoms with Crippen LogP contribution >= 0.6 is 7.82 Å². The van der Waals surface area contributed by atoms with Crippen molar-refractivity contribution >= 4 is 13.7 Å². The predicted octanol–water partition coefficient (Wildman–Crippen LogP) is 15.0. The molecule has 0 saturated carbocycles. The Bertz CT molecular complexity index is 1170. The van der Waals surface area contributed by atoms with Gasteiger partial charge in [-0.25, -0.2) is 0 Å². The Morgan fingerprint density at radius 2 is 0.889 bits per heavy atom. The Balaban J connectivity index is 4.37. The molecule has 1 amide bonds. The van der Waals surface area contributed by atoms with E-state index in [2.05, 4.69) is 55.6 Å². The molecule has 0 spiro atoms. The van der Waals surface area contributed by atoms with Crippen LogP contribution in [0.3, 0.4) is 0 Å². The molecule has 0 aromatic carbocycles. The maximum absolute atomic E-state index is 12.9. The predicted molar refractivity (Wildman–Crippen MR) is 270 cm³/mol. The normalized spacial score (nSPS) is 14.5. The number of hydrogen-bond acceptors (Lipinski definition) is 6. The average Bonchev–Trinajstić information content (AvgIpc) is 3.24. The first kappa shape index (κ1) is 61.5. The zero-order valence-electron chi connectivity index (χ0n) is 42.0. The highest BCUT2D eigenvalue weighted by Crippen LogP contribution is 2.38. The third kappa shape index (κ3) is 48.2. The lowest BCUT2D eigenvalue weighted by molar-refractivity contribution is -0.870. The quantitative estimate of drug-likeness (QED) is 0.0272. The van der Waals surface area contributed by atoms with Crippen LogP contribution in [-0.4, -0.2) is 68.5 Å². The van der Waals surface area contributed by atoms with Crippen LogP contribution in [0.5, 0.6) is 0 Å². The number of likely N-dealkylation sites (N-methyl/N-ethyl adjacent to an activating group) is 1. The molecule has 0 aliphatic rings. The van der Waals surface area contributed by atoms with Crippen LogP contribution in [0.1, 0.15) is 239 Å². The van der Waals surface area contributed by atoms with Gasteiger partial charge < -0.3 is 28.8 Å². The Hall–Kier alpha value is -1.54. The number of hydrogen-bond donors (Lipinski definition) is 2. The second kappa shape index (κ2) is 45.6. The molecule has 0 aliphatic heterocycles. The first-order valence-corrected chi connectivity index (χ1v) is 28.0. The molecule has 3 unspecified atom stereocenters. The van der Waals surface area contributed by atoms with Crippen molar-refractivity contribution in [1.29, 1.82) is 0 Å². The summed E-state index contributed by atoms with van der Waals surface area (Å²) in [7, 11) is 1.23. The van der Waals surface area contributed by atoms with Crippen LogP contribution in [0.25, 0.3) is 0 Å². The molecule has 0 radical (unpaired) electrons. The maximum Gasteiger partial charge on any atom is 0.268 e. The van der Waals surface area contributed by atoms with E-state index in [0.29, 0.717) is 17.4 Å². The van der Waals surface area contributed by atoms with Crippen LogP contribution in [0.2, 0.25) is 0 Å². The maximum atomic E-state index is 12.9. The van der Waals surface area contributed by atoms with Crippen molar-refractivity contribution in [3.05, 3.63) is 48.6 Å². The number of phosphoric acid groups is 1. The fraction of sp³-hybridized carbons (Fsp3) is 0.833. The van der Waals surface area contributed by atoms with E-state index in [-0.39, 0.29) is 12.5 Å². The SMILES string of the molecule is CCCCCCCCC/C=C\CCCCCCCCCC(=O)NC(COP(=O)([O-])OCC[N+](C)(C)C)C(O)/C=C/CC/C=C/CC/C=C/CCCCCCCCCCCCCCC. The number of rotatable bonds is 48. The van der Waals surface area contributed by atoms with Gasteiger partial charge in [0.25, 0.3) is 7.82 Å². The largest absolute Gasteiger partial charge is 0.756 e. The summed E-state index contributed by atoms with van der Waals surface area (Å²) in [5.74, 6) is -0.215. The lowest BCUT2D eigenvalue weighted by Gasteiger charge is -2.29. The summed E-state index contributed by atoms with van der Waals surface area (Å²) in [6.45, 7) is 4.63. The summed E-state index contributed by atoms with van der Waals surface area (Å²) in [5, 5.41) is 13.8. The van der Waals surface area contributed by atoms with E-state index in [1.54, 1.807) is 6.08 Å². The Morgan fingerprint density at radius 3 is 1.29 bits per heavy atom. The smallest absolute Gasteiger partial charge is 0.268 e. The molecule has 8 nitrogen and oxygen atoms in total. The van der Waals surface area contributed by atoms with Crippen LogP contribution in [0.15, 0.2) is 48.6 Å². The number of aliphatic hydroxyl groups is 1. The van der Waals surface area contributed by atoms with Crippen LogP contribution < -0.4 is 10.2 Å². The number of phosphoric ester groups is 1. The summed E-state index contributed by atoms with van der Waals surface area (Å²) >= 11 is 0. The van der Waals surface area contributed by atoms with Gasteiger partial charge in [0.2, 0.25) is 5.91 Å². The molecule has 0 aromatic rings. The molecular weight excluding hydrogens is 804 g/mol. The molecule has 0 bridgehead atoms. The van der Waals surface area contributed by atoms with Gasteiger partial charge in [0, 0.05) is 6.42 Å². The van der Waals surface area contributed by atoms with Crippen LogP contribution in [-0.2, 0) is 18.4 Å². The summed E-state index contributed by atoms with van der Waals surface area (Å²) in [6, 6.07) is -0.912. The molecule has 0 saturated heterocycles. The van der Waals surface area contributed by atoms with E-state index in [4.69, 9.17) is 9.05 Å². The van der Waals surface area contributed by atoms with E-state index < -0.39 is 26.6 Å². The summed E-state index contributed by atoms with van der Waals surface area (Å²) in [6.07, 6.45) is 58.9. The highest BCUT2D eigenvalue weighted by Gasteiger charge is 2.23. The molecule has 3 atom stereocenters. The van der Waals surface area contributed by atoms with E-state index in [0.717, 1.165) is 44.9 Å². The molecule has 0 rings (SSSR count). The van der Waals surface area contributed by atoms with Crippen molar-refractivity contribution in [3.63, 3.8) is 0 Å². The van der Waals surface area contributed by atoms with Gasteiger partial charge in [0.1, 0.15) is 13.2 Å².